The first-order chi connectivity index (χ1) is 12.5. The van der Waals surface area contributed by atoms with E-state index in [1.165, 1.54) is 17.8 Å². The Kier molecular flexibility index (Phi) is 8.06. The lowest BCUT2D eigenvalue weighted by Crippen LogP contribution is -2.37. The van der Waals surface area contributed by atoms with Crippen LogP contribution >= 0.6 is 23.4 Å². The van der Waals surface area contributed by atoms with E-state index in [4.69, 9.17) is 21.1 Å². The van der Waals surface area contributed by atoms with Crippen LogP contribution in [-0.2, 0) is 10.5 Å². The fourth-order valence-electron chi connectivity index (χ4n) is 2.17. The zero-order valence-electron chi connectivity index (χ0n) is 14.6. The Bertz CT molecular complexity index is 724. The molecule has 2 rings (SSSR count). The molecule has 0 fully saturated rings. The summed E-state index contributed by atoms with van der Waals surface area (Å²) >= 11 is 7.49. The number of hydrogen-bond acceptors (Lipinski definition) is 4. The highest BCUT2D eigenvalue weighted by molar-refractivity contribution is 7.98. The lowest BCUT2D eigenvalue weighted by Gasteiger charge is -2.15. The topological polar surface area (TPSA) is 47.6 Å². The fraction of sp³-hybridized carbons (Fsp3) is 0.316. The molecular weight excluding hydrogens is 377 g/mol. The number of hydrogen-bond donors (Lipinski definition) is 1. The van der Waals surface area contributed by atoms with Gasteiger partial charge in [0.1, 0.15) is 17.3 Å². The minimum Gasteiger partial charge on any atom is -0.497 e. The summed E-state index contributed by atoms with van der Waals surface area (Å²) in [5.41, 5.74) is 0.486. The first-order valence-electron chi connectivity index (χ1n) is 8.10. The maximum absolute atomic E-state index is 13.7. The molecule has 1 amide bonds. The average Bonchev–Trinajstić information content (AvgIpc) is 2.63. The molecule has 0 heterocycles. The minimum absolute atomic E-state index is 0.211. The molecule has 0 saturated carbocycles. The van der Waals surface area contributed by atoms with Crippen LogP contribution in [0.2, 0.25) is 5.02 Å². The molecule has 1 atom stereocenters. The quantitative estimate of drug-likeness (QED) is 0.641. The lowest BCUT2D eigenvalue weighted by molar-refractivity contribution is -0.127. The van der Waals surface area contributed by atoms with Gasteiger partial charge in [-0.05, 0) is 31.2 Å². The molecule has 0 aliphatic carbocycles. The Morgan fingerprint density at radius 1 is 1.27 bits per heavy atom. The third-order valence-electron chi connectivity index (χ3n) is 3.58. The highest BCUT2D eigenvalue weighted by atomic mass is 35.5. The van der Waals surface area contributed by atoms with E-state index in [1.807, 2.05) is 0 Å². The maximum atomic E-state index is 13.7. The zero-order chi connectivity index (χ0) is 18.9. The summed E-state index contributed by atoms with van der Waals surface area (Å²) in [6, 6.07) is 11.7. The van der Waals surface area contributed by atoms with Crippen LogP contribution in [-0.4, -0.2) is 31.4 Å². The van der Waals surface area contributed by atoms with E-state index in [2.05, 4.69) is 5.32 Å². The Hall–Kier alpha value is -1.92. The van der Waals surface area contributed by atoms with Crippen LogP contribution in [0.5, 0.6) is 11.5 Å². The van der Waals surface area contributed by atoms with Crippen LogP contribution < -0.4 is 14.8 Å². The van der Waals surface area contributed by atoms with E-state index in [0.29, 0.717) is 40.1 Å². The first-order valence-corrected chi connectivity index (χ1v) is 9.63. The molecule has 2 aromatic rings. The number of carbonyl (C=O) groups is 1. The van der Waals surface area contributed by atoms with Gasteiger partial charge in [0.15, 0.2) is 6.10 Å². The van der Waals surface area contributed by atoms with E-state index in [9.17, 15) is 9.18 Å². The molecule has 0 radical (unpaired) electrons. The van der Waals surface area contributed by atoms with Crippen LogP contribution in [0.4, 0.5) is 4.39 Å². The monoisotopic (exact) mass is 397 g/mol. The van der Waals surface area contributed by atoms with Crippen molar-refractivity contribution in [1.82, 2.24) is 5.32 Å². The predicted molar refractivity (Wildman–Crippen MR) is 104 cm³/mol. The summed E-state index contributed by atoms with van der Waals surface area (Å²) in [6.45, 7) is 2.14. The van der Waals surface area contributed by atoms with Crippen LogP contribution in [0.1, 0.15) is 12.5 Å². The van der Waals surface area contributed by atoms with Gasteiger partial charge in [0.25, 0.3) is 5.91 Å². The van der Waals surface area contributed by atoms with E-state index in [1.54, 1.807) is 50.4 Å². The molecule has 0 spiro atoms. The van der Waals surface area contributed by atoms with Gasteiger partial charge in [0.05, 0.1) is 7.11 Å². The smallest absolute Gasteiger partial charge is 0.260 e. The maximum Gasteiger partial charge on any atom is 0.260 e. The van der Waals surface area contributed by atoms with Crippen molar-refractivity contribution in [2.75, 3.05) is 19.4 Å². The molecule has 4 nitrogen and oxygen atoms in total. The molecule has 0 aliphatic rings. The Labute approximate surface area is 162 Å². The highest BCUT2D eigenvalue weighted by Crippen LogP contribution is 2.23. The first kappa shape index (κ1) is 20.4. The lowest BCUT2D eigenvalue weighted by atomic mass is 10.2. The van der Waals surface area contributed by atoms with Crippen molar-refractivity contribution >= 4 is 29.3 Å². The van der Waals surface area contributed by atoms with Crippen LogP contribution in [0.3, 0.4) is 0 Å². The number of amides is 1. The van der Waals surface area contributed by atoms with Crippen molar-refractivity contribution in [1.29, 1.82) is 0 Å². The van der Waals surface area contributed by atoms with Gasteiger partial charge in [-0.3, -0.25) is 4.79 Å². The van der Waals surface area contributed by atoms with E-state index in [0.717, 1.165) is 0 Å². The number of rotatable bonds is 9. The van der Waals surface area contributed by atoms with Gasteiger partial charge in [-0.1, -0.05) is 23.7 Å². The summed E-state index contributed by atoms with van der Waals surface area (Å²) in [4.78, 5) is 12.1. The average molecular weight is 398 g/mol. The van der Waals surface area contributed by atoms with Gasteiger partial charge < -0.3 is 14.8 Å². The third kappa shape index (κ3) is 6.11. The van der Waals surface area contributed by atoms with Crippen molar-refractivity contribution in [2.24, 2.45) is 0 Å². The number of nitrogens with one attached hydrogen (secondary N) is 1. The Morgan fingerprint density at radius 3 is 2.73 bits per heavy atom. The standard InChI is InChI=1S/C19H21ClFNO3S/c1-13(25-15-6-3-5-14(11-15)24-2)19(23)22-9-10-26-12-16-17(20)7-4-8-18(16)21/h3-8,11,13H,9-10,12H2,1-2H3,(H,22,23)/t13-/m1/s1. The van der Waals surface area contributed by atoms with E-state index >= 15 is 0 Å². The minimum atomic E-state index is -0.631. The molecule has 0 bridgehead atoms. The number of carbonyl (C=O) groups excluding carboxylic acids is 1. The number of halogens is 2. The second kappa shape index (κ2) is 10.3. The molecule has 140 valence electrons. The van der Waals surface area contributed by atoms with Crippen molar-refractivity contribution in [3.05, 3.63) is 58.9 Å². The van der Waals surface area contributed by atoms with Crippen molar-refractivity contribution in [2.45, 2.75) is 18.8 Å². The normalized spacial score (nSPS) is 11.7. The van der Waals surface area contributed by atoms with Crippen LogP contribution in [0.15, 0.2) is 42.5 Å². The van der Waals surface area contributed by atoms with Crippen molar-refractivity contribution < 1.29 is 18.7 Å². The van der Waals surface area contributed by atoms with Gasteiger partial charge in [-0.25, -0.2) is 4.39 Å². The highest BCUT2D eigenvalue weighted by Gasteiger charge is 2.14. The third-order valence-corrected chi connectivity index (χ3v) is 4.92. The van der Waals surface area contributed by atoms with Gasteiger partial charge in [0, 0.05) is 34.7 Å². The molecule has 0 aromatic heterocycles. The molecule has 0 saturated heterocycles. The summed E-state index contributed by atoms with van der Waals surface area (Å²) in [5, 5.41) is 3.22. The molecule has 0 aliphatic heterocycles. The zero-order valence-corrected chi connectivity index (χ0v) is 16.2. The van der Waals surface area contributed by atoms with Crippen LogP contribution in [0.25, 0.3) is 0 Å². The summed E-state index contributed by atoms with van der Waals surface area (Å²) in [6.07, 6.45) is -0.631. The second-order valence-electron chi connectivity index (χ2n) is 5.48. The Morgan fingerprint density at radius 2 is 2.00 bits per heavy atom. The van der Waals surface area contributed by atoms with Crippen molar-refractivity contribution in [3.63, 3.8) is 0 Å². The summed E-state index contributed by atoms with van der Waals surface area (Å²) in [7, 11) is 1.57. The predicted octanol–water partition coefficient (Wildman–Crippen LogP) is 4.30. The fourth-order valence-corrected chi connectivity index (χ4v) is 3.36. The van der Waals surface area contributed by atoms with Gasteiger partial charge >= 0.3 is 0 Å². The summed E-state index contributed by atoms with van der Waals surface area (Å²) < 4.78 is 24.4. The van der Waals surface area contributed by atoms with Gasteiger partial charge in [-0.15, -0.1) is 0 Å². The SMILES string of the molecule is COc1cccc(O[C@H](C)C(=O)NCCSCc2c(F)cccc2Cl)c1. The van der Waals surface area contributed by atoms with E-state index < -0.39 is 6.10 Å². The molecule has 7 heteroatoms. The largest absolute Gasteiger partial charge is 0.497 e. The molecule has 1 N–H and O–H groups in total. The van der Waals surface area contributed by atoms with Crippen LogP contribution in [0, 0.1) is 5.82 Å². The number of benzene rings is 2. The van der Waals surface area contributed by atoms with Gasteiger partial charge in [-0.2, -0.15) is 11.8 Å². The summed E-state index contributed by atoms with van der Waals surface area (Å²) in [5.74, 6) is 1.81. The van der Waals surface area contributed by atoms with Gasteiger partial charge in [0.2, 0.25) is 0 Å². The molecule has 0 unspecified atom stereocenters. The van der Waals surface area contributed by atoms with E-state index in [-0.39, 0.29) is 11.7 Å². The molecule has 26 heavy (non-hydrogen) atoms. The number of ether oxygens (including phenoxy) is 2. The van der Waals surface area contributed by atoms with Crippen molar-refractivity contribution in [3.8, 4) is 11.5 Å². The Balaban J connectivity index is 1.71. The number of methoxy groups -OCH3 is 1. The molecule has 2 aromatic carbocycles. The number of thioether (sulfide) groups is 1. The molecular formula is C19H21ClFNO3S. The second-order valence-corrected chi connectivity index (χ2v) is 7.00.